The normalized spacial score (nSPS) is 29.2. The summed E-state index contributed by atoms with van der Waals surface area (Å²) in [5, 5.41) is 16.9. The van der Waals surface area contributed by atoms with Crippen molar-refractivity contribution >= 4 is 46.4 Å². The van der Waals surface area contributed by atoms with Gasteiger partial charge in [0, 0.05) is 29.5 Å². The van der Waals surface area contributed by atoms with E-state index in [1.165, 1.54) is 4.90 Å². The van der Waals surface area contributed by atoms with Crippen molar-refractivity contribution in [1.82, 2.24) is 20.5 Å². The summed E-state index contributed by atoms with van der Waals surface area (Å²) in [4.78, 5) is 59.8. The van der Waals surface area contributed by atoms with Crippen molar-refractivity contribution in [3.8, 4) is 5.75 Å². The number of hydrogen-bond donors (Lipinski definition) is 3. The zero-order valence-electron chi connectivity index (χ0n) is 26.7. The molecule has 2 saturated carbocycles. The lowest BCUT2D eigenvalue weighted by Crippen LogP contribution is -2.56. The van der Waals surface area contributed by atoms with Gasteiger partial charge in [-0.2, -0.15) is 0 Å². The van der Waals surface area contributed by atoms with Crippen LogP contribution < -0.4 is 15.4 Å². The number of aliphatic carboxylic acids is 1. The van der Waals surface area contributed by atoms with Crippen molar-refractivity contribution in [2.75, 3.05) is 6.54 Å². The molecule has 3 N–H and O–H groups in total. The number of halogens is 1. The number of nitrogens with one attached hydrogen (secondary N) is 2. The molecule has 6 rings (SSSR count). The maximum Gasteiger partial charge on any atom is 0.408 e. The molecule has 3 fully saturated rings. The number of rotatable bonds is 6. The fourth-order valence-corrected chi connectivity index (χ4v) is 7.39. The van der Waals surface area contributed by atoms with Crippen LogP contribution in [0, 0.1) is 5.92 Å². The molecule has 2 aliphatic carbocycles. The number of carboxylic acids is 1. The zero-order chi connectivity index (χ0) is 33.1. The maximum absolute atomic E-state index is 14.3. The molecule has 1 aromatic carbocycles. The number of carbonyl (C=O) groups excluding carboxylic acids is 3. The Kier molecular flexibility index (Phi) is 9.91. The highest BCUT2D eigenvalue weighted by molar-refractivity contribution is 6.35. The van der Waals surface area contributed by atoms with Gasteiger partial charge in [-0.1, -0.05) is 49.6 Å². The van der Waals surface area contributed by atoms with Gasteiger partial charge in [0.15, 0.2) is 0 Å². The summed E-state index contributed by atoms with van der Waals surface area (Å²) in [7, 11) is 0. The van der Waals surface area contributed by atoms with Gasteiger partial charge in [-0.3, -0.25) is 14.6 Å². The van der Waals surface area contributed by atoms with Crippen molar-refractivity contribution in [3.05, 3.63) is 47.1 Å². The van der Waals surface area contributed by atoms with Crippen LogP contribution in [0.4, 0.5) is 4.79 Å². The minimum absolute atomic E-state index is 0.0714. The van der Waals surface area contributed by atoms with Gasteiger partial charge in [-0.15, -0.1) is 0 Å². The molecular formula is C35H43ClN4O7. The first-order valence-electron chi connectivity index (χ1n) is 16.9. The number of ether oxygens (including phenoxy) is 2. The molecule has 0 radical (unpaired) electrons. The summed E-state index contributed by atoms with van der Waals surface area (Å²) in [5.74, 6) is -1.86. The van der Waals surface area contributed by atoms with E-state index in [9.17, 15) is 24.3 Å². The molecule has 3 amide bonds. The molecule has 3 heterocycles. The molecule has 1 aromatic heterocycles. The summed E-state index contributed by atoms with van der Waals surface area (Å²) in [6.07, 6.45) is 10.6. The lowest BCUT2D eigenvalue weighted by Gasteiger charge is -2.29. The average molecular weight is 667 g/mol. The van der Waals surface area contributed by atoms with Crippen LogP contribution in [0.2, 0.25) is 5.02 Å². The molecule has 1 unspecified atom stereocenters. The second kappa shape index (κ2) is 14.1. The molecule has 5 atom stereocenters. The monoisotopic (exact) mass is 666 g/mol. The molecular weight excluding hydrogens is 624 g/mol. The van der Waals surface area contributed by atoms with Crippen LogP contribution in [-0.4, -0.2) is 75.2 Å². The molecule has 0 spiro atoms. The van der Waals surface area contributed by atoms with Crippen LogP contribution in [0.1, 0.15) is 83.2 Å². The van der Waals surface area contributed by atoms with E-state index in [0.717, 1.165) is 50.6 Å². The van der Waals surface area contributed by atoms with Crippen LogP contribution in [0.3, 0.4) is 0 Å². The van der Waals surface area contributed by atoms with E-state index >= 15 is 0 Å². The molecule has 12 heteroatoms. The molecule has 0 bridgehead atoms. The zero-order valence-corrected chi connectivity index (χ0v) is 27.5. The Morgan fingerprint density at radius 1 is 1.13 bits per heavy atom. The number of pyridine rings is 1. The molecule has 252 valence electrons. The first-order chi connectivity index (χ1) is 22.7. The predicted molar refractivity (Wildman–Crippen MR) is 175 cm³/mol. The van der Waals surface area contributed by atoms with E-state index in [4.69, 9.17) is 21.1 Å². The number of carboxylic acid groups (broad SMARTS) is 1. The predicted octanol–water partition coefficient (Wildman–Crippen LogP) is 5.32. The van der Waals surface area contributed by atoms with Crippen molar-refractivity contribution in [2.24, 2.45) is 5.92 Å². The molecule has 1 saturated heterocycles. The number of aromatic nitrogens is 1. The van der Waals surface area contributed by atoms with E-state index in [1.807, 2.05) is 37.3 Å². The van der Waals surface area contributed by atoms with Crippen LogP contribution in [-0.2, 0) is 25.5 Å². The smallest absolute Gasteiger partial charge is 0.408 e. The molecule has 2 aliphatic heterocycles. The third kappa shape index (κ3) is 7.20. The first kappa shape index (κ1) is 33.1. The van der Waals surface area contributed by atoms with E-state index in [0.29, 0.717) is 40.9 Å². The number of benzene rings is 1. The number of hydrogen-bond acceptors (Lipinski definition) is 7. The summed E-state index contributed by atoms with van der Waals surface area (Å²) < 4.78 is 12.2. The van der Waals surface area contributed by atoms with Crippen molar-refractivity contribution in [2.45, 2.75) is 114 Å². The van der Waals surface area contributed by atoms with Gasteiger partial charge in [-0.05, 0) is 69.9 Å². The largest absolute Gasteiger partial charge is 0.488 e. The Morgan fingerprint density at radius 2 is 1.91 bits per heavy atom. The second-order valence-electron chi connectivity index (χ2n) is 13.2. The third-order valence-electron chi connectivity index (χ3n) is 9.95. The average Bonchev–Trinajstić information content (AvgIpc) is 3.33. The summed E-state index contributed by atoms with van der Waals surface area (Å²) in [5.41, 5.74) is -0.0342. The highest BCUT2D eigenvalue weighted by Crippen LogP contribution is 2.45. The second-order valence-corrected chi connectivity index (χ2v) is 13.6. The van der Waals surface area contributed by atoms with Gasteiger partial charge in [0.1, 0.15) is 35.6 Å². The summed E-state index contributed by atoms with van der Waals surface area (Å²) >= 11 is 6.49. The Bertz CT molecular complexity index is 1560. The summed E-state index contributed by atoms with van der Waals surface area (Å²) in [6.45, 7) is 2.05. The number of alkyl carbamates (subject to hydrolysis) is 1. The van der Waals surface area contributed by atoms with Crippen LogP contribution in [0.5, 0.6) is 5.75 Å². The van der Waals surface area contributed by atoms with E-state index in [2.05, 4.69) is 15.6 Å². The Labute approximate surface area is 279 Å². The molecule has 11 nitrogen and oxygen atoms in total. The molecule has 4 aliphatic rings. The summed E-state index contributed by atoms with van der Waals surface area (Å²) in [6, 6.07) is 5.37. The van der Waals surface area contributed by atoms with E-state index in [-0.39, 0.29) is 31.4 Å². The van der Waals surface area contributed by atoms with Crippen molar-refractivity contribution in [1.29, 1.82) is 0 Å². The first-order valence-corrected chi connectivity index (χ1v) is 17.3. The van der Waals surface area contributed by atoms with Crippen LogP contribution in [0.15, 0.2) is 36.4 Å². The number of carbonyl (C=O) groups is 4. The van der Waals surface area contributed by atoms with Gasteiger partial charge in [0.2, 0.25) is 11.8 Å². The SMILES string of the molecule is CCc1cc(O[C@@H]2C[C@H]3C(=O)NC4(C(=O)O)C[C@H]4/C=C\CCCCC[C@H](NC(=O)OC4CCCC4)C(=O)N3C2)c2cccc(Cl)c2n1. The Balaban J connectivity index is 1.29. The molecule has 2 aromatic rings. The standard InChI is InChI=1S/C35H43ClN4O7/c1-2-22-17-29(25-14-10-15-26(36)30(25)37-22)46-24-18-28-31(41)39-35(33(43)44)19-21(35)11-6-4-3-5-7-16-27(32(42)40(28)20-24)38-34(45)47-23-12-8-9-13-23/h6,10-11,14-15,17,21,23-24,27-28H,2-5,7-9,12-13,16,18-20H2,1H3,(H,38,45)(H,39,41)(H,43,44)/b11-6-/t21-,24-,27+,28+,35?/m1/s1. The highest BCUT2D eigenvalue weighted by Gasteiger charge is 2.61. The van der Waals surface area contributed by atoms with Gasteiger partial charge in [0.05, 0.1) is 17.1 Å². The topological polar surface area (TPSA) is 147 Å². The lowest BCUT2D eigenvalue weighted by molar-refractivity contribution is -0.145. The van der Waals surface area contributed by atoms with Crippen molar-refractivity contribution < 1.29 is 33.8 Å². The third-order valence-corrected chi connectivity index (χ3v) is 10.3. The number of allylic oxidation sites excluding steroid dienone is 1. The number of amides is 3. The number of fused-ring (bicyclic) bond motifs is 3. The number of aryl methyl sites for hydroxylation is 1. The lowest BCUT2D eigenvalue weighted by atomic mass is 10.0. The van der Waals surface area contributed by atoms with Gasteiger partial charge < -0.3 is 30.1 Å². The maximum atomic E-state index is 14.3. The number of nitrogens with zero attached hydrogens (tertiary/aromatic N) is 2. The quantitative estimate of drug-likeness (QED) is 0.351. The minimum atomic E-state index is -1.42. The fraction of sp³-hybridized carbons (Fsp3) is 0.571. The Morgan fingerprint density at radius 3 is 2.68 bits per heavy atom. The van der Waals surface area contributed by atoms with Gasteiger partial charge in [0.25, 0.3) is 0 Å². The van der Waals surface area contributed by atoms with E-state index < -0.39 is 47.6 Å². The van der Waals surface area contributed by atoms with E-state index in [1.54, 1.807) is 6.07 Å². The van der Waals surface area contributed by atoms with Crippen LogP contribution >= 0.6 is 11.6 Å². The minimum Gasteiger partial charge on any atom is -0.488 e. The fourth-order valence-electron chi connectivity index (χ4n) is 7.17. The Hall–Kier alpha value is -3.86. The number of para-hydroxylation sites is 1. The van der Waals surface area contributed by atoms with Gasteiger partial charge >= 0.3 is 12.1 Å². The van der Waals surface area contributed by atoms with Crippen molar-refractivity contribution in [3.63, 3.8) is 0 Å². The molecule has 47 heavy (non-hydrogen) atoms. The van der Waals surface area contributed by atoms with Gasteiger partial charge in [-0.25, -0.2) is 9.59 Å². The highest BCUT2D eigenvalue weighted by atomic mass is 35.5. The van der Waals surface area contributed by atoms with Crippen LogP contribution in [0.25, 0.3) is 10.9 Å².